The minimum absolute atomic E-state index is 0.0658. The Labute approximate surface area is 132 Å². The van der Waals surface area contributed by atoms with Gasteiger partial charge in [-0.15, -0.1) is 0 Å². The van der Waals surface area contributed by atoms with Gasteiger partial charge in [0.1, 0.15) is 5.69 Å². The van der Waals surface area contributed by atoms with Crippen LogP contribution in [-0.4, -0.2) is 27.6 Å². The third-order valence-corrected chi connectivity index (χ3v) is 3.88. The zero-order chi connectivity index (χ0) is 15.6. The molecule has 0 aliphatic carbocycles. The number of hydrogen-bond donors (Lipinski definition) is 0. The Kier molecular flexibility index (Phi) is 3.34. The van der Waals surface area contributed by atoms with Crippen LogP contribution in [0.2, 0.25) is 0 Å². The van der Waals surface area contributed by atoms with Crippen molar-refractivity contribution in [2.45, 2.75) is 12.3 Å². The van der Waals surface area contributed by atoms with Gasteiger partial charge in [-0.3, -0.25) is 9.78 Å². The Balaban J connectivity index is 1.56. The molecule has 0 saturated carbocycles. The number of carbonyl (C=O) groups excluding carboxylic acids is 1. The number of rotatable bonds is 3. The van der Waals surface area contributed by atoms with E-state index in [1.165, 1.54) is 0 Å². The van der Waals surface area contributed by atoms with Gasteiger partial charge in [0.2, 0.25) is 5.91 Å². The van der Waals surface area contributed by atoms with Crippen molar-refractivity contribution in [3.05, 3.63) is 60.6 Å². The third kappa shape index (κ3) is 2.59. The Morgan fingerprint density at radius 3 is 2.70 bits per heavy atom. The maximum atomic E-state index is 12.3. The number of anilines is 1. The smallest absolute Gasteiger partial charge is 0.276 e. The second-order valence-electron chi connectivity index (χ2n) is 5.41. The van der Waals surface area contributed by atoms with E-state index in [1.807, 2.05) is 48.5 Å². The molecule has 3 heterocycles. The van der Waals surface area contributed by atoms with Crippen molar-refractivity contribution >= 4 is 11.6 Å². The van der Waals surface area contributed by atoms with Crippen molar-refractivity contribution < 1.29 is 9.32 Å². The summed E-state index contributed by atoms with van der Waals surface area (Å²) in [6, 6.07) is 15.1. The number of pyridine rings is 1. The SMILES string of the molecule is O=C1C[C@@H](c2noc(-c3ccccn3)n2)CN1c1ccccc1. The zero-order valence-corrected chi connectivity index (χ0v) is 12.3. The second-order valence-corrected chi connectivity index (χ2v) is 5.41. The molecular formula is C17H14N4O2. The lowest BCUT2D eigenvalue weighted by Gasteiger charge is -2.15. The molecule has 3 aromatic rings. The molecular weight excluding hydrogens is 292 g/mol. The van der Waals surface area contributed by atoms with E-state index in [0.29, 0.717) is 30.4 Å². The first-order valence-corrected chi connectivity index (χ1v) is 7.41. The fourth-order valence-corrected chi connectivity index (χ4v) is 2.73. The number of nitrogens with zero attached hydrogens (tertiary/aromatic N) is 4. The summed E-state index contributed by atoms with van der Waals surface area (Å²) in [6.45, 7) is 0.560. The fraction of sp³-hybridized carbons (Fsp3) is 0.176. The molecule has 1 saturated heterocycles. The normalized spacial score (nSPS) is 17.7. The molecule has 1 aromatic carbocycles. The van der Waals surface area contributed by atoms with Crippen molar-refractivity contribution in [1.29, 1.82) is 0 Å². The average molecular weight is 306 g/mol. The van der Waals surface area contributed by atoms with Crippen LogP contribution in [0.3, 0.4) is 0 Å². The van der Waals surface area contributed by atoms with E-state index in [4.69, 9.17) is 4.52 Å². The molecule has 6 heteroatoms. The van der Waals surface area contributed by atoms with Gasteiger partial charge < -0.3 is 9.42 Å². The number of hydrogen-bond acceptors (Lipinski definition) is 5. The highest BCUT2D eigenvalue weighted by atomic mass is 16.5. The summed E-state index contributed by atoms with van der Waals surface area (Å²) in [4.78, 5) is 22.6. The van der Waals surface area contributed by atoms with Crippen molar-refractivity contribution in [2.24, 2.45) is 0 Å². The fourth-order valence-electron chi connectivity index (χ4n) is 2.73. The highest BCUT2D eigenvalue weighted by molar-refractivity contribution is 5.96. The van der Waals surface area contributed by atoms with E-state index in [1.54, 1.807) is 11.1 Å². The summed E-state index contributed by atoms with van der Waals surface area (Å²) in [5.41, 5.74) is 1.53. The van der Waals surface area contributed by atoms with Gasteiger partial charge in [-0.25, -0.2) is 0 Å². The number of carbonyl (C=O) groups is 1. The topological polar surface area (TPSA) is 72.1 Å². The summed E-state index contributed by atoms with van der Waals surface area (Å²) >= 11 is 0. The minimum atomic E-state index is -0.0658. The molecule has 1 amide bonds. The van der Waals surface area contributed by atoms with Gasteiger partial charge in [-0.05, 0) is 24.3 Å². The molecule has 1 aliphatic rings. The Bertz CT molecular complexity index is 817. The van der Waals surface area contributed by atoms with Crippen LogP contribution in [0.4, 0.5) is 5.69 Å². The Morgan fingerprint density at radius 1 is 1.09 bits per heavy atom. The van der Waals surface area contributed by atoms with Gasteiger partial charge in [0.15, 0.2) is 5.82 Å². The molecule has 0 bridgehead atoms. The first-order chi connectivity index (χ1) is 11.3. The lowest BCUT2D eigenvalue weighted by atomic mass is 10.1. The predicted molar refractivity (Wildman–Crippen MR) is 83.7 cm³/mol. The molecule has 0 radical (unpaired) electrons. The third-order valence-electron chi connectivity index (χ3n) is 3.88. The van der Waals surface area contributed by atoms with Crippen LogP contribution in [0.25, 0.3) is 11.6 Å². The molecule has 0 N–H and O–H groups in total. The summed E-state index contributed by atoms with van der Waals surface area (Å²) in [7, 11) is 0. The van der Waals surface area contributed by atoms with Crippen LogP contribution >= 0.6 is 0 Å². The van der Waals surface area contributed by atoms with E-state index < -0.39 is 0 Å². The maximum absolute atomic E-state index is 12.3. The molecule has 2 aromatic heterocycles. The average Bonchev–Trinajstić information content (AvgIpc) is 3.23. The molecule has 0 spiro atoms. The van der Waals surface area contributed by atoms with E-state index in [2.05, 4.69) is 15.1 Å². The van der Waals surface area contributed by atoms with Crippen LogP contribution in [0.1, 0.15) is 18.2 Å². The highest BCUT2D eigenvalue weighted by Crippen LogP contribution is 2.31. The molecule has 0 unspecified atom stereocenters. The molecule has 4 rings (SSSR count). The van der Waals surface area contributed by atoms with Crippen LogP contribution in [0, 0.1) is 0 Å². The predicted octanol–water partition coefficient (Wildman–Crippen LogP) is 2.65. The zero-order valence-electron chi connectivity index (χ0n) is 12.3. The molecule has 1 aliphatic heterocycles. The van der Waals surface area contributed by atoms with Gasteiger partial charge in [0.05, 0.1) is 0 Å². The van der Waals surface area contributed by atoms with E-state index in [9.17, 15) is 4.79 Å². The summed E-state index contributed by atoms with van der Waals surface area (Å²) in [5.74, 6) is 0.943. The number of amides is 1. The number of benzene rings is 1. The van der Waals surface area contributed by atoms with Gasteiger partial charge in [0.25, 0.3) is 5.89 Å². The van der Waals surface area contributed by atoms with Crippen LogP contribution in [-0.2, 0) is 4.79 Å². The van der Waals surface area contributed by atoms with Gasteiger partial charge in [-0.1, -0.05) is 29.4 Å². The maximum Gasteiger partial charge on any atom is 0.276 e. The minimum Gasteiger partial charge on any atom is -0.332 e. The van der Waals surface area contributed by atoms with Crippen molar-refractivity contribution in [3.8, 4) is 11.6 Å². The quantitative estimate of drug-likeness (QED) is 0.744. The Hall–Kier alpha value is -3.02. The van der Waals surface area contributed by atoms with Gasteiger partial charge >= 0.3 is 0 Å². The van der Waals surface area contributed by atoms with Gasteiger partial charge in [0, 0.05) is 30.8 Å². The molecule has 114 valence electrons. The molecule has 23 heavy (non-hydrogen) atoms. The van der Waals surface area contributed by atoms with Crippen LogP contribution in [0.15, 0.2) is 59.3 Å². The lowest BCUT2D eigenvalue weighted by molar-refractivity contribution is -0.117. The second kappa shape index (κ2) is 5.64. The van der Waals surface area contributed by atoms with Crippen LogP contribution < -0.4 is 4.90 Å². The standard InChI is InChI=1S/C17H14N4O2/c22-15-10-12(11-21(15)13-6-2-1-3-7-13)16-19-17(23-20-16)14-8-4-5-9-18-14/h1-9,12H,10-11H2/t12-/m1/s1. The van der Waals surface area contributed by atoms with E-state index >= 15 is 0 Å². The number of aromatic nitrogens is 3. The summed E-state index contributed by atoms with van der Waals surface area (Å²) < 4.78 is 5.29. The Morgan fingerprint density at radius 2 is 1.91 bits per heavy atom. The monoisotopic (exact) mass is 306 g/mol. The first kappa shape index (κ1) is 13.6. The largest absolute Gasteiger partial charge is 0.332 e. The lowest BCUT2D eigenvalue weighted by Crippen LogP contribution is -2.24. The van der Waals surface area contributed by atoms with Crippen LogP contribution in [0.5, 0.6) is 0 Å². The van der Waals surface area contributed by atoms with Crippen molar-refractivity contribution in [3.63, 3.8) is 0 Å². The number of para-hydroxylation sites is 1. The molecule has 1 atom stereocenters. The molecule has 1 fully saturated rings. The highest BCUT2D eigenvalue weighted by Gasteiger charge is 2.34. The summed E-state index contributed by atoms with van der Waals surface area (Å²) in [5, 5.41) is 4.03. The van der Waals surface area contributed by atoms with E-state index in [0.717, 1.165) is 5.69 Å². The molecule has 6 nitrogen and oxygen atoms in total. The summed E-state index contributed by atoms with van der Waals surface area (Å²) in [6.07, 6.45) is 2.06. The van der Waals surface area contributed by atoms with Gasteiger partial charge in [-0.2, -0.15) is 4.98 Å². The van der Waals surface area contributed by atoms with Crippen molar-refractivity contribution in [1.82, 2.24) is 15.1 Å². The van der Waals surface area contributed by atoms with E-state index in [-0.39, 0.29) is 11.8 Å². The van der Waals surface area contributed by atoms with Crippen molar-refractivity contribution in [2.75, 3.05) is 11.4 Å². The first-order valence-electron chi connectivity index (χ1n) is 7.41.